The van der Waals surface area contributed by atoms with Gasteiger partial charge in [-0.05, 0) is 36.9 Å². The topological polar surface area (TPSA) is 106 Å². The number of rotatable bonds is 5. The SMILES string of the molecule is C[C@@H]1CN([C@@H](C)CO)C(=O)CCCn2cc(nn2)CO[C@@H]1CN(C)C(=O)c1ccc2ccn(C)c2c1. The van der Waals surface area contributed by atoms with Crippen LogP contribution in [0.5, 0.6) is 0 Å². The number of likely N-dealkylation sites (N-methyl/N-ethyl adjacent to an activating group) is 1. The van der Waals surface area contributed by atoms with Gasteiger partial charge in [0.2, 0.25) is 5.91 Å². The smallest absolute Gasteiger partial charge is 0.253 e. The molecule has 0 unspecified atom stereocenters. The maximum Gasteiger partial charge on any atom is 0.253 e. The summed E-state index contributed by atoms with van der Waals surface area (Å²) >= 11 is 0. The van der Waals surface area contributed by atoms with Crippen molar-refractivity contribution in [1.29, 1.82) is 0 Å². The molecule has 0 spiro atoms. The fourth-order valence-corrected chi connectivity index (χ4v) is 4.66. The second kappa shape index (κ2) is 11.2. The normalized spacial score (nSPS) is 20.5. The van der Waals surface area contributed by atoms with E-state index in [2.05, 4.69) is 10.3 Å². The number of fused-ring (bicyclic) bond motifs is 3. The average Bonchev–Trinajstić information content (AvgIpc) is 3.49. The zero-order valence-corrected chi connectivity index (χ0v) is 21.5. The van der Waals surface area contributed by atoms with Crippen LogP contribution >= 0.6 is 0 Å². The number of amides is 2. The molecule has 3 aromatic rings. The first-order valence-corrected chi connectivity index (χ1v) is 12.5. The molecule has 0 saturated heterocycles. The molecule has 3 heterocycles. The highest BCUT2D eigenvalue weighted by atomic mass is 16.5. The maximum atomic E-state index is 13.3. The van der Waals surface area contributed by atoms with Gasteiger partial charge < -0.3 is 24.2 Å². The lowest BCUT2D eigenvalue weighted by molar-refractivity contribution is -0.136. The summed E-state index contributed by atoms with van der Waals surface area (Å²) in [7, 11) is 3.73. The third-order valence-corrected chi connectivity index (χ3v) is 6.98. The number of aryl methyl sites for hydroxylation is 2. The van der Waals surface area contributed by atoms with Gasteiger partial charge in [-0.25, -0.2) is 0 Å². The van der Waals surface area contributed by atoms with Crippen molar-refractivity contribution in [3.63, 3.8) is 0 Å². The van der Waals surface area contributed by atoms with Gasteiger partial charge in [0.1, 0.15) is 5.69 Å². The Morgan fingerprint density at radius 2 is 2.14 bits per heavy atom. The monoisotopic (exact) mass is 496 g/mol. The Bertz CT molecular complexity index is 1200. The van der Waals surface area contributed by atoms with Crippen LogP contribution in [0.4, 0.5) is 0 Å². The third kappa shape index (κ3) is 5.76. The zero-order chi connectivity index (χ0) is 25.8. The summed E-state index contributed by atoms with van der Waals surface area (Å²) in [4.78, 5) is 29.8. The molecule has 0 fully saturated rings. The Morgan fingerprint density at radius 1 is 1.33 bits per heavy atom. The molecule has 10 nitrogen and oxygen atoms in total. The number of carbonyl (C=O) groups is 2. The molecule has 1 aliphatic rings. The van der Waals surface area contributed by atoms with E-state index in [-0.39, 0.29) is 43.1 Å². The van der Waals surface area contributed by atoms with E-state index in [0.717, 1.165) is 10.9 Å². The molecule has 4 rings (SSSR count). The van der Waals surface area contributed by atoms with Gasteiger partial charge in [-0.15, -0.1) is 5.10 Å². The van der Waals surface area contributed by atoms with E-state index < -0.39 is 0 Å². The number of hydrogen-bond donors (Lipinski definition) is 1. The Hall–Kier alpha value is -3.24. The van der Waals surface area contributed by atoms with Gasteiger partial charge in [-0.3, -0.25) is 14.3 Å². The largest absolute Gasteiger partial charge is 0.394 e. The standard InChI is InChI=1S/C26H36N6O4/c1-18-13-32(19(2)16-33)25(34)6-5-10-31-14-22(27-28-31)17-36-24(18)15-30(4)26(35)21-8-7-20-9-11-29(3)23(20)12-21/h7-9,11-12,14,18-19,24,33H,5-6,10,13,15-17H2,1-4H3/t18-,19+,24-/m1/s1. The van der Waals surface area contributed by atoms with E-state index in [4.69, 9.17) is 4.74 Å². The predicted molar refractivity (Wildman–Crippen MR) is 135 cm³/mol. The molecule has 1 aromatic carbocycles. The number of aromatic nitrogens is 4. The van der Waals surface area contributed by atoms with Crippen LogP contribution in [-0.2, 0) is 29.7 Å². The molecular formula is C26H36N6O4. The highest BCUT2D eigenvalue weighted by Crippen LogP contribution is 2.20. The van der Waals surface area contributed by atoms with Gasteiger partial charge in [-0.1, -0.05) is 18.2 Å². The van der Waals surface area contributed by atoms with E-state index in [1.165, 1.54) is 0 Å². The molecule has 0 saturated carbocycles. The summed E-state index contributed by atoms with van der Waals surface area (Å²) in [6, 6.07) is 7.42. The van der Waals surface area contributed by atoms with Gasteiger partial charge >= 0.3 is 0 Å². The number of aliphatic hydroxyl groups is 1. The molecule has 1 aliphatic heterocycles. The summed E-state index contributed by atoms with van der Waals surface area (Å²) in [6.45, 7) is 5.35. The van der Waals surface area contributed by atoms with Crippen molar-refractivity contribution in [1.82, 2.24) is 29.4 Å². The van der Waals surface area contributed by atoms with Gasteiger partial charge in [-0.2, -0.15) is 0 Å². The van der Waals surface area contributed by atoms with Crippen LogP contribution in [-0.4, -0.2) is 85.2 Å². The number of carbonyl (C=O) groups excluding carboxylic acids is 2. The van der Waals surface area contributed by atoms with Crippen molar-refractivity contribution in [2.75, 3.05) is 26.7 Å². The van der Waals surface area contributed by atoms with E-state index in [0.29, 0.717) is 43.7 Å². The minimum absolute atomic E-state index is 0.0120. The minimum Gasteiger partial charge on any atom is -0.394 e. The second-order valence-electron chi connectivity index (χ2n) is 9.87. The first-order valence-electron chi connectivity index (χ1n) is 12.5. The van der Waals surface area contributed by atoms with Crippen molar-refractivity contribution >= 4 is 22.7 Å². The fourth-order valence-electron chi connectivity index (χ4n) is 4.66. The molecular weight excluding hydrogens is 460 g/mol. The van der Waals surface area contributed by atoms with E-state index in [1.54, 1.807) is 21.5 Å². The van der Waals surface area contributed by atoms with Crippen molar-refractivity contribution in [3.8, 4) is 0 Å². The number of ether oxygens (including phenoxy) is 1. The summed E-state index contributed by atoms with van der Waals surface area (Å²) in [5, 5.41) is 19.2. The first-order chi connectivity index (χ1) is 17.3. The number of aliphatic hydroxyl groups excluding tert-OH is 1. The highest BCUT2D eigenvalue weighted by molar-refractivity contribution is 5.98. The van der Waals surface area contributed by atoms with Gasteiger partial charge in [0.05, 0.1) is 31.6 Å². The quantitative estimate of drug-likeness (QED) is 0.580. The Kier molecular flexibility index (Phi) is 8.05. The predicted octanol–water partition coefficient (Wildman–Crippen LogP) is 2.07. The van der Waals surface area contributed by atoms with Crippen LogP contribution in [0.1, 0.15) is 42.7 Å². The van der Waals surface area contributed by atoms with Gasteiger partial charge in [0, 0.05) is 63.3 Å². The molecule has 36 heavy (non-hydrogen) atoms. The summed E-state index contributed by atoms with van der Waals surface area (Å²) in [5.74, 6) is -0.203. The summed E-state index contributed by atoms with van der Waals surface area (Å²) < 4.78 is 10.00. The van der Waals surface area contributed by atoms with Crippen molar-refractivity contribution < 1.29 is 19.4 Å². The zero-order valence-electron chi connectivity index (χ0n) is 21.5. The van der Waals surface area contributed by atoms with Crippen LogP contribution in [0, 0.1) is 5.92 Å². The second-order valence-corrected chi connectivity index (χ2v) is 9.87. The lowest BCUT2D eigenvalue weighted by atomic mass is 10.0. The molecule has 2 bridgehead atoms. The van der Waals surface area contributed by atoms with Crippen LogP contribution in [0.2, 0.25) is 0 Å². The van der Waals surface area contributed by atoms with Crippen LogP contribution < -0.4 is 0 Å². The number of nitrogens with zero attached hydrogens (tertiary/aromatic N) is 6. The molecule has 0 radical (unpaired) electrons. The molecule has 2 amide bonds. The average molecular weight is 497 g/mol. The fraction of sp³-hybridized carbons (Fsp3) is 0.538. The Balaban J connectivity index is 1.55. The number of benzene rings is 1. The van der Waals surface area contributed by atoms with Gasteiger partial charge in [0.15, 0.2) is 0 Å². The molecule has 3 atom stereocenters. The minimum atomic E-state index is -0.357. The lowest BCUT2D eigenvalue weighted by Crippen LogP contribution is -2.47. The van der Waals surface area contributed by atoms with E-state index in [9.17, 15) is 14.7 Å². The Morgan fingerprint density at radius 3 is 2.92 bits per heavy atom. The lowest BCUT2D eigenvalue weighted by Gasteiger charge is -2.35. The van der Waals surface area contributed by atoms with E-state index >= 15 is 0 Å². The molecule has 0 aliphatic carbocycles. The van der Waals surface area contributed by atoms with E-state index in [1.807, 2.05) is 62.1 Å². The third-order valence-electron chi connectivity index (χ3n) is 6.98. The molecule has 2 aromatic heterocycles. The van der Waals surface area contributed by atoms with Gasteiger partial charge in [0.25, 0.3) is 5.91 Å². The van der Waals surface area contributed by atoms with Crippen molar-refractivity contribution in [2.45, 2.75) is 52.0 Å². The van der Waals surface area contributed by atoms with Crippen LogP contribution in [0.15, 0.2) is 36.7 Å². The summed E-state index contributed by atoms with van der Waals surface area (Å²) in [5.41, 5.74) is 2.32. The maximum absolute atomic E-state index is 13.3. The number of hydrogen-bond acceptors (Lipinski definition) is 6. The van der Waals surface area contributed by atoms with Crippen molar-refractivity contribution in [2.24, 2.45) is 13.0 Å². The molecule has 1 N–H and O–H groups in total. The highest BCUT2D eigenvalue weighted by Gasteiger charge is 2.29. The van der Waals surface area contributed by atoms with Crippen molar-refractivity contribution in [3.05, 3.63) is 47.9 Å². The molecule has 194 valence electrons. The molecule has 10 heteroatoms. The van der Waals surface area contributed by atoms with Crippen LogP contribution in [0.25, 0.3) is 10.9 Å². The van der Waals surface area contributed by atoms with Crippen LogP contribution in [0.3, 0.4) is 0 Å². The first kappa shape index (κ1) is 25.8. The Labute approximate surface area is 211 Å². The summed E-state index contributed by atoms with van der Waals surface area (Å²) in [6.07, 6.45) is 4.45.